The van der Waals surface area contributed by atoms with E-state index in [2.05, 4.69) is 18.4 Å². The summed E-state index contributed by atoms with van der Waals surface area (Å²) in [5, 5.41) is 2.05. The monoisotopic (exact) mass is 526 g/mol. The summed E-state index contributed by atoms with van der Waals surface area (Å²) < 4.78 is 5.23. The van der Waals surface area contributed by atoms with Crippen LogP contribution in [0.25, 0.3) is 11.1 Å². The lowest BCUT2D eigenvalue weighted by molar-refractivity contribution is -0.133. The highest BCUT2D eigenvalue weighted by Crippen LogP contribution is 2.22. The van der Waals surface area contributed by atoms with Crippen molar-refractivity contribution in [2.75, 3.05) is 26.8 Å². The van der Waals surface area contributed by atoms with Gasteiger partial charge in [0.25, 0.3) is 5.91 Å². The van der Waals surface area contributed by atoms with Gasteiger partial charge in [0, 0.05) is 37.2 Å². The molecule has 0 N–H and O–H groups in total. The maximum absolute atomic E-state index is 13.7. The molecule has 4 rings (SSSR count). The Kier molecular flexibility index (Phi) is 9.84. The molecule has 0 aliphatic heterocycles. The maximum Gasteiger partial charge on any atom is 0.254 e. The Labute approximate surface area is 229 Å². The topological polar surface area (TPSA) is 49.9 Å². The van der Waals surface area contributed by atoms with E-state index in [-0.39, 0.29) is 18.4 Å². The number of nitrogens with zero attached hydrogens (tertiary/aromatic N) is 2. The number of methoxy groups -OCH3 is 1. The van der Waals surface area contributed by atoms with Crippen molar-refractivity contribution in [3.8, 4) is 11.1 Å². The summed E-state index contributed by atoms with van der Waals surface area (Å²) in [5.74, 6) is -0.227. The quantitative estimate of drug-likeness (QED) is 0.200. The molecule has 38 heavy (non-hydrogen) atoms. The SMILES string of the molecule is COCCCN(CC(=O)N(Cc1ccccc1)Cc1sccc1C)C(=O)c1ccc(-c2ccccc2)cc1. The van der Waals surface area contributed by atoms with Crippen molar-refractivity contribution < 1.29 is 14.3 Å². The van der Waals surface area contributed by atoms with Crippen LogP contribution in [0, 0.1) is 6.92 Å². The summed E-state index contributed by atoms with van der Waals surface area (Å²) in [6.07, 6.45) is 0.653. The number of ether oxygens (including phenoxy) is 1. The minimum Gasteiger partial charge on any atom is -0.385 e. The van der Waals surface area contributed by atoms with Crippen molar-refractivity contribution in [2.45, 2.75) is 26.4 Å². The molecular weight excluding hydrogens is 492 g/mol. The molecule has 4 aromatic rings. The average Bonchev–Trinajstić information content (AvgIpc) is 3.37. The average molecular weight is 527 g/mol. The van der Waals surface area contributed by atoms with Crippen molar-refractivity contribution in [1.29, 1.82) is 0 Å². The van der Waals surface area contributed by atoms with E-state index < -0.39 is 0 Å². The van der Waals surface area contributed by atoms with Crippen molar-refractivity contribution in [2.24, 2.45) is 0 Å². The van der Waals surface area contributed by atoms with Crippen LogP contribution in [-0.2, 0) is 22.6 Å². The van der Waals surface area contributed by atoms with Gasteiger partial charge >= 0.3 is 0 Å². The third-order valence-corrected chi connectivity index (χ3v) is 7.51. The van der Waals surface area contributed by atoms with Gasteiger partial charge in [-0.2, -0.15) is 0 Å². The molecule has 1 aromatic heterocycles. The first-order valence-electron chi connectivity index (χ1n) is 12.8. The van der Waals surface area contributed by atoms with Crippen LogP contribution < -0.4 is 0 Å². The van der Waals surface area contributed by atoms with Gasteiger partial charge in [0.2, 0.25) is 5.91 Å². The fraction of sp³-hybridized carbons (Fsp3) is 0.250. The number of hydrogen-bond acceptors (Lipinski definition) is 4. The second-order valence-corrected chi connectivity index (χ2v) is 10.3. The smallest absolute Gasteiger partial charge is 0.254 e. The molecule has 2 amide bonds. The standard InChI is InChI=1S/C32H34N2O3S/c1-25-18-21-38-30(25)23-34(22-26-10-5-3-6-11-26)31(35)24-33(19-9-20-37-2)32(36)29-16-14-28(15-17-29)27-12-7-4-8-13-27/h3-8,10-18,21H,9,19-20,22-24H2,1-2H3. The van der Waals surface area contributed by atoms with E-state index in [0.717, 1.165) is 21.6 Å². The van der Waals surface area contributed by atoms with Crippen molar-refractivity contribution in [3.05, 3.63) is 118 Å². The van der Waals surface area contributed by atoms with E-state index in [1.165, 1.54) is 5.56 Å². The summed E-state index contributed by atoms with van der Waals surface area (Å²) in [6, 6.07) is 29.7. The molecule has 1 heterocycles. The lowest BCUT2D eigenvalue weighted by Crippen LogP contribution is -2.43. The first-order chi connectivity index (χ1) is 18.5. The molecular formula is C32H34N2O3S. The fourth-order valence-corrected chi connectivity index (χ4v) is 5.23. The Morgan fingerprint density at radius 1 is 0.789 bits per heavy atom. The largest absolute Gasteiger partial charge is 0.385 e. The van der Waals surface area contributed by atoms with Crippen molar-refractivity contribution >= 4 is 23.2 Å². The number of aryl methyl sites for hydroxylation is 1. The van der Waals surface area contributed by atoms with Crippen molar-refractivity contribution in [3.63, 3.8) is 0 Å². The second-order valence-electron chi connectivity index (χ2n) is 9.28. The second kappa shape index (κ2) is 13.7. The van der Waals surface area contributed by atoms with Crippen LogP contribution in [0.15, 0.2) is 96.4 Å². The zero-order valence-electron chi connectivity index (χ0n) is 22.0. The zero-order chi connectivity index (χ0) is 26.7. The molecule has 3 aromatic carbocycles. The third kappa shape index (κ3) is 7.40. The van der Waals surface area contributed by atoms with Gasteiger partial charge in [-0.25, -0.2) is 0 Å². The van der Waals surface area contributed by atoms with Crippen LogP contribution in [0.5, 0.6) is 0 Å². The van der Waals surface area contributed by atoms with E-state index in [1.807, 2.05) is 89.8 Å². The van der Waals surface area contributed by atoms with Gasteiger partial charge in [-0.1, -0.05) is 72.8 Å². The van der Waals surface area contributed by atoms with Crippen LogP contribution in [0.4, 0.5) is 0 Å². The Balaban J connectivity index is 1.53. The summed E-state index contributed by atoms with van der Waals surface area (Å²) in [5.41, 5.74) is 4.94. The van der Waals surface area contributed by atoms with Crippen LogP contribution in [-0.4, -0.2) is 48.4 Å². The van der Waals surface area contributed by atoms with Crippen molar-refractivity contribution in [1.82, 2.24) is 9.80 Å². The molecule has 6 heteroatoms. The summed E-state index contributed by atoms with van der Waals surface area (Å²) in [7, 11) is 1.64. The van der Waals surface area contributed by atoms with E-state index >= 15 is 0 Å². The predicted octanol–water partition coefficient (Wildman–Crippen LogP) is 6.43. The fourth-order valence-electron chi connectivity index (χ4n) is 4.31. The highest BCUT2D eigenvalue weighted by atomic mass is 32.1. The molecule has 0 fully saturated rings. The molecule has 5 nitrogen and oxygen atoms in total. The molecule has 0 atom stereocenters. The van der Waals surface area contributed by atoms with E-state index in [4.69, 9.17) is 4.74 Å². The number of carbonyl (C=O) groups excluding carboxylic acids is 2. The molecule has 196 valence electrons. The van der Waals surface area contributed by atoms with Gasteiger partial charge in [-0.05, 0) is 59.2 Å². The van der Waals surface area contributed by atoms with Gasteiger partial charge < -0.3 is 14.5 Å². The van der Waals surface area contributed by atoms with Gasteiger partial charge in [-0.3, -0.25) is 9.59 Å². The summed E-state index contributed by atoms with van der Waals surface area (Å²) >= 11 is 1.65. The van der Waals surface area contributed by atoms with Crippen LogP contribution >= 0.6 is 11.3 Å². The minimum absolute atomic E-state index is 0.0141. The Morgan fingerprint density at radius 2 is 1.45 bits per heavy atom. The number of rotatable bonds is 12. The van der Waals surface area contributed by atoms with Gasteiger partial charge in [0.1, 0.15) is 6.54 Å². The van der Waals surface area contributed by atoms with Crippen LogP contribution in [0.3, 0.4) is 0 Å². The zero-order valence-corrected chi connectivity index (χ0v) is 22.8. The number of thiophene rings is 1. The third-order valence-electron chi connectivity index (χ3n) is 6.50. The van der Waals surface area contributed by atoms with Gasteiger partial charge in [0.05, 0.1) is 6.54 Å². The molecule has 0 unspecified atom stereocenters. The van der Waals surface area contributed by atoms with E-state index in [0.29, 0.717) is 38.2 Å². The van der Waals surface area contributed by atoms with Crippen LogP contribution in [0.2, 0.25) is 0 Å². The minimum atomic E-state index is -0.152. The number of carbonyl (C=O) groups is 2. The van der Waals surface area contributed by atoms with E-state index in [1.54, 1.807) is 23.3 Å². The van der Waals surface area contributed by atoms with Crippen LogP contribution in [0.1, 0.15) is 32.8 Å². The Morgan fingerprint density at radius 3 is 2.08 bits per heavy atom. The normalized spacial score (nSPS) is 10.8. The lowest BCUT2D eigenvalue weighted by atomic mass is 10.0. The molecule has 0 saturated carbocycles. The predicted molar refractivity (Wildman–Crippen MR) is 154 cm³/mol. The number of amides is 2. The highest BCUT2D eigenvalue weighted by molar-refractivity contribution is 7.10. The first kappa shape index (κ1) is 27.3. The van der Waals surface area contributed by atoms with Gasteiger partial charge in [0.15, 0.2) is 0 Å². The Hall–Kier alpha value is -3.74. The molecule has 0 aliphatic carbocycles. The molecule has 0 bridgehead atoms. The first-order valence-corrected chi connectivity index (χ1v) is 13.7. The molecule has 0 radical (unpaired) electrons. The number of benzene rings is 3. The highest BCUT2D eigenvalue weighted by Gasteiger charge is 2.23. The number of hydrogen-bond donors (Lipinski definition) is 0. The summed E-state index contributed by atoms with van der Waals surface area (Å²) in [4.78, 5) is 32.0. The molecule has 0 aliphatic rings. The van der Waals surface area contributed by atoms with E-state index in [9.17, 15) is 9.59 Å². The summed E-state index contributed by atoms with van der Waals surface area (Å²) in [6.45, 7) is 4.05. The molecule has 0 spiro atoms. The Bertz CT molecular complexity index is 1300. The van der Waals surface area contributed by atoms with Gasteiger partial charge in [-0.15, -0.1) is 11.3 Å². The maximum atomic E-state index is 13.7. The molecule has 0 saturated heterocycles. The lowest BCUT2D eigenvalue weighted by Gasteiger charge is -2.28.